The van der Waals surface area contributed by atoms with Crippen LogP contribution in [-0.2, 0) is 0 Å². The van der Waals surface area contributed by atoms with Crippen molar-refractivity contribution in [1.82, 2.24) is 9.97 Å². The van der Waals surface area contributed by atoms with Gasteiger partial charge in [0, 0.05) is 24.6 Å². The molecule has 1 heterocycles. The highest BCUT2D eigenvalue weighted by Gasteiger charge is 2.24. The fraction of sp³-hybridized carbons (Fsp3) is 0.714. The molecule has 0 spiro atoms. The predicted octanol–water partition coefficient (Wildman–Crippen LogP) is 2.09. The van der Waals surface area contributed by atoms with Crippen molar-refractivity contribution in [1.29, 1.82) is 0 Å². The van der Waals surface area contributed by atoms with Crippen LogP contribution in [-0.4, -0.2) is 27.7 Å². The number of nitrogens with zero attached hydrogens (tertiary/aromatic N) is 2. The van der Waals surface area contributed by atoms with Crippen LogP contribution in [0.2, 0.25) is 0 Å². The molecule has 0 saturated carbocycles. The summed E-state index contributed by atoms with van der Waals surface area (Å²) in [5.74, 6) is 7.72. The second-order valence-electron chi connectivity index (χ2n) is 6.37. The third kappa shape index (κ3) is 4.61. The predicted molar refractivity (Wildman–Crippen MR) is 82.5 cm³/mol. The molecule has 6 nitrogen and oxygen atoms in total. The standard InChI is InChI=1S/C14H27N5O/c1-9(2)13-17-11(8-12(18-13)19-15)16-10(6-7-20)14(3,4)5/h8-10,20H,6-7,15H2,1-5H3,(H2,16,17,18,19). The summed E-state index contributed by atoms with van der Waals surface area (Å²) in [5.41, 5.74) is 2.58. The minimum atomic E-state index is 0.0159. The Morgan fingerprint density at radius 1 is 1.25 bits per heavy atom. The molecular weight excluding hydrogens is 254 g/mol. The highest BCUT2D eigenvalue weighted by atomic mass is 16.3. The van der Waals surface area contributed by atoms with Gasteiger partial charge in [0.05, 0.1) is 0 Å². The zero-order valence-corrected chi connectivity index (χ0v) is 13.1. The van der Waals surface area contributed by atoms with Crippen molar-refractivity contribution < 1.29 is 5.11 Å². The first kappa shape index (κ1) is 16.7. The van der Waals surface area contributed by atoms with Crippen molar-refractivity contribution in [2.75, 3.05) is 17.3 Å². The molecule has 0 aromatic carbocycles. The maximum atomic E-state index is 9.22. The average Bonchev–Trinajstić information content (AvgIpc) is 2.36. The minimum absolute atomic E-state index is 0.0159. The molecule has 0 aliphatic heterocycles. The van der Waals surface area contributed by atoms with Gasteiger partial charge in [-0.3, -0.25) is 0 Å². The van der Waals surface area contributed by atoms with E-state index in [1.165, 1.54) is 0 Å². The summed E-state index contributed by atoms with van der Waals surface area (Å²) in [6, 6.07) is 1.90. The van der Waals surface area contributed by atoms with Gasteiger partial charge < -0.3 is 15.8 Å². The topological polar surface area (TPSA) is 96.1 Å². The van der Waals surface area contributed by atoms with Crippen LogP contribution in [0.3, 0.4) is 0 Å². The summed E-state index contributed by atoms with van der Waals surface area (Å²) in [7, 11) is 0. The second kappa shape index (κ2) is 6.85. The average molecular weight is 281 g/mol. The number of anilines is 2. The number of aromatic nitrogens is 2. The van der Waals surface area contributed by atoms with Gasteiger partial charge in [-0.15, -0.1) is 0 Å². The van der Waals surface area contributed by atoms with Crippen LogP contribution in [0.25, 0.3) is 0 Å². The van der Waals surface area contributed by atoms with Crippen molar-refractivity contribution in [2.24, 2.45) is 11.3 Å². The van der Waals surface area contributed by atoms with E-state index in [4.69, 9.17) is 5.84 Å². The first-order chi connectivity index (χ1) is 9.27. The van der Waals surface area contributed by atoms with E-state index in [-0.39, 0.29) is 24.0 Å². The Kier molecular flexibility index (Phi) is 5.71. The van der Waals surface area contributed by atoms with Crippen LogP contribution in [0.1, 0.15) is 52.8 Å². The monoisotopic (exact) mass is 281 g/mol. The normalized spacial score (nSPS) is 13.4. The van der Waals surface area contributed by atoms with Gasteiger partial charge in [0.15, 0.2) is 0 Å². The third-order valence-corrected chi connectivity index (χ3v) is 3.19. The molecular formula is C14H27N5O. The van der Waals surface area contributed by atoms with E-state index >= 15 is 0 Å². The Morgan fingerprint density at radius 3 is 2.30 bits per heavy atom. The number of nitrogens with two attached hydrogens (primary N) is 1. The number of hydrogen-bond acceptors (Lipinski definition) is 6. The third-order valence-electron chi connectivity index (χ3n) is 3.19. The molecule has 20 heavy (non-hydrogen) atoms. The van der Waals surface area contributed by atoms with Crippen LogP contribution in [0.15, 0.2) is 6.07 Å². The van der Waals surface area contributed by atoms with Crippen molar-refractivity contribution >= 4 is 11.6 Å². The molecule has 1 unspecified atom stereocenters. The molecule has 1 aromatic rings. The van der Waals surface area contributed by atoms with Gasteiger partial charge in [-0.1, -0.05) is 34.6 Å². The number of aliphatic hydroxyl groups excluding tert-OH is 1. The lowest BCUT2D eigenvalue weighted by molar-refractivity contribution is 0.235. The maximum Gasteiger partial charge on any atom is 0.145 e. The van der Waals surface area contributed by atoms with Crippen molar-refractivity contribution in [3.63, 3.8) is 0 Å². The Balaban J connectivity index is 3.02. The summed E-state index contributed by atoms with van der Waals surface area (Å²) in [6.45, 7) is 10.6. The number of nitrogens with one attached hydrogen (secondary N) is 2. The Labute approximate surface area is 121 Å². The summed E-state index contributed by atoms with van der Waals surface area (Å²) in [4.78, 5) is 8.85. The molecule has 0 aliphatic rings. The van der Waals surface area contributed by atoms with E-state index in [0.717, 1.165) is 11.6 Å². The van der Waals surface area contributed by atoms with E-state index in [9.17, 15) is 5.11 Å². The van der Waals surface area contributed by atoms with Crippen molar-refractivity contribution in [2.45, 2.75) is 53.0 Å². The Morgan fingerprint density at radius 2 is 1.85 bits per heavy atom. The molecule has 0 saturated heterocycles. The van der Waals surface area contributed by atoms with Crippen LogP contribution in [0.5, 0.6) is 0 Å². The number of hydrazine groups is 1. The van der Waals surface area contributed by atoms with Crippen LogP contribution in [0.4, 0.5) is 11.6 Å². The summed E-state index contributed by atoms with van der Waals surface area (Å²) < 4.78 is 0. The van der Waals surface area contributed by atoms with Crippen molar-refractivity contribution in [3.05, 3.63) is 11.9 Å². The second-order valence-corrected chi connectivity index (χ2v) is 6.37. The highest BCUT2D eigenvalue weighted by molar-refractivity contribution is 5.48. The van der Waals surface area contributed by atoms with Crippen LogP contribution >= 0.6 is 0 Å². The van der Waals surface area contributed by atoms with Gasteiger partial charge in [0.2, 0.25) is 0 Å². The molecule has 1 rings (SSSR count). The zero-order chi connectivity index (χ0) is 15.3. The molecule has 1 atom stereocenters. The van der Waals surface area contributed by atoms with E-state index in [0.29, 0.717) is 12.2 Å². The smallest absolute Gasteiger partial charge is 0.145 e. The van der Waals surface area contributed by atoms with Crippen LogP contribution in [0, 0.1) is 5.41 Å². The van der Waals surface area contributed by atoms with Crippen LogP contribution < -0.4 is 16.6 Å². The molecule has 0 aliphatic carbocycles. The summed E-state index contributed by atoms with van der Waals surface area (Å²) in [6.07, 6.45) is 0.663. The fourth-order valence-corrected chi connectivity index (χ4v) is 1.90. The van der Waals surface area contributed by atoms with E-state index in [2.05, 4.69) is 41.5 Å². The van der Waals surface area contributed by atoms with Gasteiger partial charge in [-0.25, -0.2) is 15.8 Å². The molecule has 114 valence electrons. The highest BCUT2D eigenvalue weighted by Crippen LogP contribution is 2.26. The maximum absolute atomic E-state index is 9.22. The SMILES string of the molecule is CC(C)c1nc(NN)cc(NC(CCO)C(C)(C)C)n1. The summed E-state index contributed by atoms with van der Waals surface area (Å²) >= 11 is 0. The lowest BCUT2D eigenvalue weighted by Crippen LogP contribution is -2.35. The molecule has 0 bridgehead atoms. The van der Waals surface area contributed by atoms with Gasteiger partial charge in [0.25, 0.3) is 0 Å². The number of aliphatic hydroxyl groups is 1. The molecule has 0 fully saturated rings. The Hall–Kier alpha value is -1.40. The molecule has 1 aromatic heterocycles. The zero-order valence-electron chi connectivity index (χ0n) is 13.1. The van der Waals surface area contributed by atoms with Gasteiger partial charge in [-0.05, 0) is 11.8 Å². The molecule has 0 amide bonds. The molecule has 0 radical (unpaired) electrons. The lowest BCUT2D eigenvalue weighted by atomic mass is 9.85. The Bertz CT molecular complexity index is 428. The molecule has 6 heteroatoms. The summed E-state index contributed by atoms with van der Waals surface area (Å²) in [5, 5.41) is 12.6. The van der Waals surface area contributed by atoms with E-state index < -0.39 is 0 Å². The first-order valence-electron chi connectivity index (χ1n) is 7.01. The van der Waals surface area contributed by atoms with Gasteiger partial charge >= 0.3 is 0 Å². The molecule has 5 N–H and O–H groups in total. The number of rotatable bonds is 6. The van der Waals surface area contributed by atoms with Gasteiger partial charge in [-0.2, -0.15) is 0 Å². The minimum Gasteiger partial charge on any atom is -0.396 e. The quantitative estimate of drug-likeness (QED) is 0.471. The van der Waals surface area contributed by atoms with E-state index in [1.807, 2.05) is 13.8 Å². The first-order valence-corrected chi connectivity index (χ1v) is 7.01. The number of hydrogen-bond donors (Lipinski definition) is 4. The number of nitrogen functional groups attached to an aromatic ring is 1. The lowest BCUT2D eigenvalue weighted by Gasteiger charge is -2.31. The van der Waals surface area contributed by atoms with Crippen molar-refractivity contribution in [3.8, 4) is 0 Å². The van der Waals surface area contributed by atoms with Gasteiger partial charge in [0.1, 0.15) is 17.5 Å². The fourth-order valence-electron chi connectivity index (χ4n) is 1.90. The largest absolute Gasteiger partial charge is 0.396 e. The van der Waals surface area contributed by atoms with E-state index in [1.54, 1.807) is 6.07 Å².